The van der Waals surface area contributed by atoms with Crippen LogP contribution in [0.3, 0.4) is 0 Å². The first-order chi connectivity index (χ1) is 10.3. The van der Waals surface area contributed by atoms with Gasteiger partial charge >= 0.3 is 0 Å². The fourth-order valence-electron chi connectivity index (χ4n) is 2.28. The van der Waals surface area contributed by atoms with Crippen LogP contribution in [0.25, 0.3) is 0 Å². The molecule has 0 aromatic heterocycles. The zero-order valence-electron chi connectivity index (χ0n) is 12.6. The Morgan fingerprint density at radius 1 is 1.14 bits per heavy atom. The molecule has 0 aliphatic carbocycles. The summed E-state index contributed by atoms with van der Waals surface area (Å²) >= 11 is 0. The predicted molar refractivity (Wildman–Crippen MR) is 87.7 cm³/mol. The molecule has 0 radical (unpaired) electrons. The summed E-state index contributed by atoms with van der Waals surface area (Å²) in [5.41, 5.74) is 3.86. The number of rotatable bonds is 6. The molecule has 108 valence electrons. The monoisotopic (exact) mass is 279 g/mol. The molecule has 0 fully saturated rings. The first-order valence-corrected chi connectivity index (χ1v) is 7.28. The third-order valence-electron chi connectivity index (χ3n) is 3.44. The van der Waals surface area contributed by atoms with Gasteiger partial charge in [0.1, 0.15) is 6.07 Å². The summed E-state index contributed by atoms with van der Waals surface area (Å²) in [6, 6.07) is 18.5. The van der Waals surface area contributed by atoms with E-state index in [-0.39, 0.29) is 0 Å². The van der Waals surface area contributed by atoms with Gasteiger partial charge in [0.2, 0.25) is 0 Å². The van der Waals surface area contributed by atoms with Crippen molar-refractivity contribution in [3.63, 3.8) is 0 Å². The van der Waals surface area contributed by atoms with Gasteiger partial charge in [0, 0.05) is 19.3 Å². The van der Waals surface area contributed by atoms with E-state index < -0.39 is 0 Å². The quantitative estimate of drug-likeness (QED) is 0.817. The van der Waals surface area contributed by atoms with Crippen molar-refractivity contribution in [3.8, 4) is 6.07 Å². The van der Waals surface area contributed by atoms with Gasteiger partial charge in [-0.3, -0.25) is 0 Å². The van der Waals surface area contributed by atoms with E-state index in [0.29, 0.717) is 5.56 Å². The third-order valence-corrected chi connectivity index (χ3v) is 3.44. The molecule has 0 unspecified atom stereocenters. The Hall–Kier alpha value is -2.31. The van der Waals surface area contributed by atoms with Crippen molar-refractivity contribution < 1.29 is 0 Å². The van der Waals surface area contributed by atoms with Crippen LogP contribution in [0.2, 0.25) is 0 Å². The summed E-state index contributed by atoms with van der Waals surface area (Å²) in [6.45, 7) is 3.94. The molecule has 0 heterocycles. The van der Waals surface area contributed by atoms with Crippen LogP contribution >= 0.6 is 0 Å². The average Bonchev–Trinajstić information content (AvgIpc) is 2.55. The minimum atomic E-state index is 0.706. The van der Waals surface area contributed by atoms with Crippen molar-refractivity contribution >= 4 is 11.4 Å². The Balaban J connectivity index is 2.22. The van der Waals surface area contributed by atoms with Crippen molar-refractivity contribution in [1.29, 1.82) is 5.26 Å². The molecule has 0 bridgehead atoms. The largest absolute Gasteiger partial charge is 0.344 e. The topological polar surface area (TPSA) is 39.1 Å². The molecule has 3 heteroatoms. The van der Waals surface area contributed by atoms with Crippen molar-refractivity contribution in [2.24, 2.45) is 0 Å². The summed E-state index contributed by atoms with van der Waals surface area (Å²) < 4.78 is 0. The lowest BCUT2D eigenvalue weighted by atomic mass is 10.1. The second-order valence-corrected chi connectivity index (χ2v) is 5.03. The van der Waals surface area contributed by atoms with Gasteiger partial charge in [-0.25, -0.2) is 0 Å². The summed E-state index contributed by atoms with van der Waals surface area (Å²) in [6.07, 6.45) is 1.11. The van der Waals surface area contributed by atoms with Crippen LogP contribution < -0.4 is 10.2 Å². The number of hydrogen-bond acceptors (Lipinski definition) is 3. The number of hydrogen-bond donors (Lipinski definition) is 1. The zero-order chi connectivity index (χ0) is 15.1. The fourth-order valence-corrected chi connectivity index (χ4v) is 2.28. The lowest BCUT2D eigenvalue weighted by Crippen LogP contribution is -2.15. The maximum absolute atomic E-state index is 9.41. The van der Waals surface area contributed by atoms with Crippen molar-refractivity contribution in [3.05, 3.63) is 59.7 Å². The molecular formula is C18H21N3. The van der Waals surface area contributed by atoms with Gasteiger partial charge in [-0.15, -0.1) is 0 Å². The lowest BCUT2D eigenvalue weighted by molar-refractivity contribution is 0.675. The van der Waals surface area contributed by atoms with Gasteiger partial charge in [-0.05, 0) is 42.8 Å². The molecule has 0 saturated heterocycles. The molecule has 0 saturated carbocycles. The summed E-state index contributed by atoms with van der Waals surface area (Å²) in [5, 5.41) is 12.8. The van der Waals surface area contributed by atoms with Gasteiger partial charge in [0.05, 0.1) is 11.3 Å². The van der Waals surface area contributed by atoms with Crippen LogP contribution in [0.4, 0.5) is 11.4 Å². The number of anilines is 2. The van der Waals surface area contributed by atoms with Gasteiger partial charge in [0.25, 0.3) is 0 Å². The van der Waals surface area contributed by atoms with Crippen LogP contribution in [-0.2, 0) is 6.54 Å². The van der Waals surface area contributed by atoms with Crippen LogP contribution in [0.5, 0.6) is 0 Å². The van der Waals surface area contributed by atoms with Crippen molar-refractivity contribution in [2.75, 3.05) is 18.5 Å². The zero-order valence-corrected chi connectivity index (χ0v) is 12.6. The Morgan fingerprint density at radius 2 is 1.90 bits per heavy atom. The maximum atomic E-state index is 9.41. The number of nitrogens with one attached hydrogen (secondary N) is 1. The van der Waals surface area contributed by atoms with E-state index in [1.807, 2.05) is 54.4 Å². The molecule has 2 aromatic rings. The Morgan fingerprint density at radius 3 is 2.57 bits per heavy atom. The molecule has 0 aliphatic heterocycles. The second-order valence-electron chi connectivity index (χ2n) is 5.03. The molecule has 0 spiro atoms. The van der Waals surface area contributed by atoms with Crippen LogP contribution in [-0.4, -0.2) is 13.6 Å². The maximum Gasteiger partial charge on any atom is 0.101 e. The summed E-state index contributed by atoms with van der Waals surface area (Å²) in [4.78, 5) is 2.04. The lowest BCUT2D eigenvalue weighted by Gasteiger charge is -2.21. The van der Waals surface area contributed by atoms with Crippen LogP contribution in [0, 0.1) is 11.3 Å². The second kappa shape index (κ2) is 7.47. The molecule has 0 aliphatic rings. The van der Waals surface area contributed by atoms with E-state index in [1.165, 1.54) is 0 Å². The molecule has 0 atom stereocenters. The SMILES string of the molecule is CCCNCc1ccc(N(C)c2ccccc2)c(C#N)c1. The Bertz CT molecular complexity index is 614. The van der Waals surface area contributed by atoms with E-state index in [9.17, 15) is 5.26 Å². The summed E-state index contributed by atoms with van der Waals surface area (Å²) in [5.74, 6) is 0. The van der Waals surface area contributed by atoms with Gasteiger partial charge < -0.3 is 10.2 Å². The van der Waals surface area contributed by atoms with Crippen LogP contribution in [0.1, 0.15) is 24.5 Å². The standard InChI is InChI=1S/C18H21N3/c1-3-11-20-14-15-9-10-18(16(12-15)13-19)21(2)17-7-5-4-6-8-17/h4-10,12,20H,3,11,14H2,1-2H3. The van der Waals surface area contributed by atoms with Crippen molar-refractivity contribution in [1.82, 2.24) is 5.32 Å². The van der Waals surface area contributed by atoms with E-state index in [4.69, 9.17) is 0 Å². The Labute approximate surface area is 126 Å². The average molecular weight is 279 g/mol. The van der Waals surface area contributed by atoms with E-state index >= 15 is 0 Å². The minimum Gasteiger partial charge on any atom is -0.344 e. The number of nitrogens with zero attached hydrogens (tertiary/aromatic N) is 2. The highest BCUT2D eigenvalue weighted by Gasteiger charge is 2.09. The molecule has 0 amide bonds. The predicted octanol–water partition coefficient (Wildman–Crippen LogP) is 3.83. The van der Waals surface area contributed by atoms with E-state index in [0.717, 1.165) is 36.4 Å². The van der Waals surface area contributed by atoms with E-state index in [1.54, 1.807) is 0 Å². The molecule has 2 rings (SSSR count). The third kappa shape index (κ3) is 3.84. The number of benzene rings is 2. The minimum absolute atomic E-state index is 0.706. The van der Waals surface area contributed by atoms with Crippen LogP contribution in [0.15, 0.2) is 48.5 Å². The summed E-state index contributed by atoms with van der Waals surface area (Å²) in [7, 11) is 1.99. The molecule has 3 nitrogen and oxygen atoms in total. The highest BCUT2D eigenvalue weighted by atomic mass is 15.1. The molecule has 1 N–H and O–H groups in total. The number of para-hydroxylation sites is 1. The van der Waals surface area contributed by atoms with Gasteiger partial charge in [-0.1, -0.05) is 31.2 Å². The smallest absolute Gasteiger partial charge is 0.101 e. The molecule has 21 heavy (non-hydrogen) atoms. The van der Waals surface area contributed by atoms with E-state index in [2.05, 4.69) is 24.4 Å². The highest BCUT2D eigenvalue weighted by molar-refractivity contribution is 5.69. The highest BCUT2D eigenvalue weighted by Crippen LogP contribution is 2.27. The molecule has 2 aromatic carbocycles. The van der Waals surface area contributed by atoms with Gasteiger partial charge in [-0.2, -0.15) is 5.26 Å². The molecular weight excluding hydrogens is 258 g/mol. The van der Waals surface area contributed by atoms with Gasteiger partial charge in [0.15, 0.2) is 0 Å². The number of nitriles is 1. The fraction of sp³-hybridized carbons (Fsp3) is 0.278. The normalized spacial score (nSPS) is 10.1. The first kappa shape index (κ1) is 15.1. The van der Waals surface area contributed by atoms with Crippen molar-refractivity contribution in [2.45, 2.75) is 19.9 Å². The first-order valence-electron chi connectivity index (χ1n) is 7.28. The Kier molecular flexibility index (Phi) is 5.36.